The molecule has 8 nitrogen and oxygen atoms in total. The van der Waals surface area contributed by atoms with E-state index in [2.05, 4.69) is 15.6 Å². The molecule has 2 aliphatic rings. The van der Waals surface area contributed by atoms with Crippen LogP contribution in [0.3, 0.4) is 0 Å². The lowest BCUT2D eigenvalue weighted by Gasteiger charge is -2.22. The third-order valence-corrected chi connectivity index (χ3v) is 7.09. The highest BCUT2D eigenvalue weighted by molar-refractivity contribution is 6.32. The van der Waals surface area contributed by atoms with Crippen LogP contribution >= 0.6 is 11.6 Å². The van der Waals surface area contributed by atoms with Gasteiger partial charge in [0, 0.05) is 43.0 Å². The van der Waals surface area contributed by atoms with E-state index in [0.29, 0.717) is 39.8 Å². The van der Waals surface area contributed by atoms with Gasteiger partial charge in [0.25, 0.3) is 5.91 Å². The van der Waals surface area contributed by atoms with E-state index >= 15 is 0 Å². The SMILES string of the molecule is O=C(NC1CC1)c1ccc(-c2cnc3c(NCC4CCOCC4)cc(Oc4ccccc4Cl)nn23)cc1. The molecule has 0 radical (unpaired) electrons. The standard InChI is InChI=1S/C28H28ClN5O3/c29-22-3-1-2-4-25(22)37-26-15-23(30-16-18-11-13-36-14-12-18)27-31-17-24(34(27)33-26)19-5-7-20(8-6-19)28(35)32-21-9-10-21/h1-8,15,17-18,21,30H,9-14,16H2,(H,32,35). The van der Waals surface area contributed by atoms with Crippen LogP contribution in [0, 0.1) is 5.92 Å². The number of amides is 1. The van der Waals surface area contributed by atoms with Gasteiger partial charge in [-0.2, -0.15) is 0 Å². The maximum Gasteiger partial charge on any atom is 0.251 e. The van der Waals surface area contributed by atoms with E-state index in [0.717, 1.165) is 62.4 Å². The molecule has 1 saturated heterocycles. The first-order chi connectivity index (χ1) is 18.1. The summed E-state index contributed by atoms with van der Waals surface area (Å²) in [5.74, 6) is 1.41. The van der Waals surface area contributed by atoms with E-state index in [1.807, 2.05) is 48.5 Å². The van der Waals surface area contributed by atoms with Crippen LogP contribution in [0.15, 0.2) is 60.8 Å². The molecule has 2 fully saturated rings. The third-order valence-electron chi connectivity index (χ3n) is 6.77. The minimum absolute atomic E-state index is 0.0413. The maximum atomic E-state index is 12.4. The number of carbonyl (C=O) groups is 1. The first kappa shape index (κ1) is 23.8. The molecule has 0 spiro atoms. The zero-order valence-electron chi connectivity index (χ0n) is 20.3. The molecule has 37 heavy (non-hydrogen) atoms. The maximum absolute atomic E-state index is 12.4. The van der Waals surface area contributed by atoms with Crippen LogP contribution < -0.4 is 15.4 Å². The van der Waals surface area contributed by atoms with Crippen molar-refractivity contribution in [3.63, 3.8) is 0 Å². The largest absolute Gasteiger partial charge is 0.436 e. The number of nitrogens with one attached hydrogen (secondary N) is 2. The van der Waals surface area contributed by atoms with Crippen LogP contribution in [-0.2, 0) is 4.74 Å². The van der Waals surface area contributed by atoms with E-state index in [4.69, 9.17) is 26.2 Å². The van der Waals surface area contributed by atoms with Gasteiger partial charge >= 0.3 is 0 Å². The second kappa shape index (κ2) is 10.4. The van der Waals surface area contributed by atoms with Crippen molar-refractivity contribution in [1.82, 2.24) is 19.9 Å². The molecule has 1 amide bonds. The molecule has 190 valence electrons. The summed E-state index contributed by atoms with van der Waals surface area (Å²) in [6.07, 6.45) is 5.96. The number of hydrogen-bond donors (Lipinski definition) is 2. The predicted molar refractivity (Wildman–Crippen MR) is 142 cm³/mol. The number of benzene rings is 2. The fourth-order valence-corrected chi connectivity index (χ4v) is 4.63. The van der Waals surface area contributed by atoms with Crippen molar-refractivity contribution in [2.24, 2.45) is 5.92 Å². The number of aromatic nitrogens is 3. The fourth-order valence-electron chi connectivity index (χ4n) is 4.46. The first-order valence-corrected chi connectivity index (χ1v) is 13.1. The summed E-state index contributed by atoms with van der Waals surface area (Å²) in [6, 6.07) is 17.0. The molecule has 0 atom stereocenters. The average molecular weight is 518 g/mol. The minimum atomic E-state index is -0.0413. The predicted octanol–water partition coefficient (Wildman–Crippen LogP) is 5.57. The second-order valence-corrected chi connectivity index (χ2v) is 9.98. The summed E-state index contributed by atoms with van der Waals surface area (Å²) in [7, 11) is 0. The zero-order chi connectivity index (χ0) is 25.2. The monoisotopic (exact) mass is 517 g/mol. The highest BCUT2D eigenvalue weighted by Crippen LogP contribution is 2.32. The first-order valence-electron chi connectivity index (χ1n) is 12.7. The van der Waals surface area contributed by atoms with Gasteiger partial charge in [-0.1, -0.05) is 35.9 Å². The topological polar surface area (TPSA) is 89.8 Å². The number of hydrogen-bond acceptors (Lipinski definition) is 6. The van der Waals surface area contributed by atoms with Crippen LogP contribution in [0.4, 0.5) is 5.69 Å². The normalized spacial score (nSPS) is 16.0. The Balaban J connectivity index is 1.33. The molecule has 2 aromatic heterocycles. The molecular weight excluding hydrogens is 490 g/mol. The summed E-state index contributed by atoms with van der Waals surface area (Å²) in [5, 5.41) is 11.8. The summed E-state index contributed by atoms with van der Waals surface area (Å²) in [5.41, 5.74) is 3.86. The number of rotatable bonds is 8. The van der Waals surface area contributed by atoms with E-state index in [1.165, 1.54) is 0 Å². The van der Waals surface area contributed by atoms with Crippen molar-refractivity contribution in [3.05, 3.63) is 71.4 Å². The highest BCUT2D eigenvalue weighted by atomic mass is 35.5. The molecule has 0 bridgehead atoms. The van der Waals surface area contributed by atoms with Crippen molar-refractivity contribution in [2.75, 3.05) is 25.1 Å². The van der Waals surface area contributed by atoms with Crippen LogP contribution in [0.1, 0.15) is 36.0 Å². The van der Waals surface area contributed by atoms with Gasteiger partial charge in [-0.15, -0.1) is 5.10 Å². The number of imidazole rings is 1. The van der Waals surface area contributed by atoms with Crippen molar-refractivity contribution in [2.45, 2.75) is 31.7 Å². The molecule has 6 rings (SSSR count). The lowest BCUT2D eigenvalue weighted by atomic mass is 10.0. The number of nitrogens with zero attached hydrogens (tertiary/aromatic N) is 3. The van der Waals surface area contributed by atoms with Crippen molar-refractivity contribution < 1.29 is 14.3 Å². The Hall–Kier alpha value is -3.62. The van der Waals surface area contributed by atoms with Gasteiger partial charge in [-0.3, -0.25) is 4.79 Å². The summed E-state index contributed by atoms with van der Waals surface area (Å²) in [6.45, 7) is 2.39. The van der Waals surface area contributed by atoms with E-state index < -0.39 is 0 Å². The number of halogens is 1. The molecule has 3 heterocycles. The highest BCUT2D eigenvalue weighted by Gasteiger charge is 2.24. The van der Waals surface area contributed by atoms with Gasteiger partial charge in [0.2, 0.25) is 5.88 Å². The second-order valence-electron chi connectivity index (χ2n) is 9.57. The lowest BCUT2D eigenvalue weighted by Crippen LogP contribution is -2.25. The number of anilines is 1. The van der Waals surface area contributed by atoms with Crippen molar-refractivity contribution >= 4 is 28.8 Å². The van der Waals surface area contributed by atoms with E-state index in [1.54, 1.807) is 16.8 Å². The molecule has 9 heteroatoms. The van der Waals surface area contributed by atoms with Gasteiger partial charge < -0.3 is 20.1 Å². The van der Waals surface area contributed by atoms with Gasteiger partial charge in [-0.05, 0) is 55.9 Å². The zero-order valence-corrected chi connectivity index (χ0v) is 21.1. The molecule has 1 aliphatic heterocycles. The smallest absolute Gasteiger partial charge is 0.251 e. The fraction of sp³-hybridized carbons (Fsp3) is 0.321. The molecule has 1 saturated carbocycles. The molecular formula is C28H28ClN5O3. The Bertz CT molecular complexity index is 1410. The average Bonchev–Trinajstić information content (AvgIpc) is 3.64. The van der Waals surface area contributed by atoms with Crippen molar-refractivity contribution in [1.29, 1.82) is 0 Å². The Labute approximate surface area is 220 Å². The van der Waals surface area contributed by atoms with Gasteiger partial charge in [0.05, 0.1) is 22.6 Å². The van der Waals surface area contributed by atoms with Crippen LogP contribution in [0.25, 0.3) is 16.9 Å². The van der Waals surface area contributed by atoms with Gasteiger partial charge in [-0.25, -0.2) is 9.50 Å². The lowest BCUT2D eigenvalue weighted by molar-refractivity contribution is 0.0699. The Kier molecular flexibility index (Phi) is 6.68. The molecule has 1 aliphatic carbocycles. The minimum Gasteiger partial charge on any atom is -0.436 e. The Morgan fingerprint density at radius 3 is 2.62 bits per heavy atom. The van der Waals surface area contributed by atoms with Crippen LogP contribution in [-0.4, -0.2) is 46.3 Å². The summed E-state index contributed by atoms with van der Waals surface area (Å²) >= 11 is 6.34. The Morgan fingerprint density at radius 2 is 1.86 bits per heavy atom. The number of carbonyl (C=O) groups excluding carboxylic acids is 1. The van der Waals surface area contributed by atoms with Gasteiger partial charge in [0.15, 0.2) is 5.65 Å². The van der Waals surface area contributed by atoms with E-state index in [9.17, 15) is 4.79 Å². The van der Waals surface area contributed by atoms with Crippen molar-refractivity contribution in [3.8, 4) is 22.9 Å². The number of ether oxygens (including phenoxy) is 2. The van der Waals surface area contributed by atoms with E-state index in [-0.39, 0.29) is 5.91 Å². The number of fused-ring (bicyclic) bond motifs is 1. The number of para-hydroxylation sites is 1. The summed E-state index contributed by atoms with van der Waals surface area (Å²) in [4.78, 5) is 17.1. The molecule has 4 aromatic rings. The molecule has 2 aromatic carbocycles. The third kappa shape index (κ3) is 5.40. The molecule has 0 unspecified atom stereocenters. The summed E-state index contributed by atoms with van der Waals surface area (Å²) < 4.78 is 13.4. The van der Waals surface area contributed by atoms with Crippen LogP contribution in [0.5, 0.6) is 11.6 Å². The molecule has 2 N–H and O–H groups in total. The van der Waals surface area contributed by atoms with Gasteiger partial charge in [0.1, 0.15) is 5.75 Å². The Morgan fingerprint density at radius 1 is 1.08 bits per heavy atom. The quantitative estimate of drug-likeness (QED) is 0.317. The van der Waals surface area contributed by atoms with Crippen LogP contribution in [0.2, 0.25) is 5.02 Å².